The van der Waals surface area contributed by atoms with Crippen molar-refractivity contribution in [2.45, 2.75) is 77.3 Å². The third-order valence-corrected chi connectivity index (χ3v) is 8.99. The molecular formula is C26H34N4OS2. The van der Waals surface area contributed by atoms with Gasteiger partial charge in [0.2, 0.25) is 5.91 Å². The van der Waals surface area contributed by atoms with Crippen LogP contribution < -0.4 is 16.0 Å². The van der Waals surface area contributed by atoms with Gasteiger partial charge >= 0.3 is 0 Å². The molecule has 5 nitrogen and oxygen atoms in total. The third kappa shape index (κ3) is 5.16. The molecule has 0 saturated heterocycles. The third-order valence-electron chi connectivity index (χ3n) is 6.79. The van der Waals surface area contributed by atoms with Gasteiger partial charge in [-0.2, -0.15) is 0 Å². The number of nitrogens with zero attached hydrogens (tertiary/aromatic N) is 1. The van der Waals surface area contributed by atoms with Crippen LogP contribution in [-0.2, 0) is 17.8 Å². The van der Waals surface area contributed by atoms with E-state index >= 15 is 0 Å². The molecule has 3 aromatic rings. The maximum Gasteiger partial charge on any atom is 0.226 e. The molecule has 2 aliphatic rings. The zero-order chi connectivity index (χ0) is 22.8. The number of anilines is 1. The molecule has 3 heterocycles. The van der Waals surface area contributed by atoms with Crippen LogP contribution in [-0.4, -0.2) is 30.0 Å². The van der Waals surface area contributed by atoms with Crippen LogP contribution in [0, 0.1) is 0 Å². The molecule has 176 valence electrons. The van der Waals surface area contributed by atoms with Gasteiger partial charge < -0.3 is 16.0 Å². The Bertz CT molecular complexity index is 1130. The van der Waals surface area contributed by atoms with Crippen molar-refractivity contribution in [1.82, 2.24) is 15.6 Å². The Balaban J connectivity index is 1.44. The van der Waals surface area contributed by atoms with E-state index in [4.69, 9.17) is 4.98 Å². The summed E-state index contributed by atoms with van der Waals surface area (Å²) in [5.74, 6) is 0.749. The number of hydrogen-bond donors (Lipinski definition) is 3. The Morgan fingerprint density at radius 3 is 2.88 bits per heavy atom. The number of nitrogens with one attached hydrogen (secondary N) is 3. The molecule has 7 heteroatoms. The highest BCUT2D eigenvalue weighted by molar-refractivity contribution is 7.22. The summed E-state index contributed by atoms with van der Waals surface area (Å²) in [6.45, 7) is 6.73. The van der Waals surface area contributed by atoms with Crippen LogP contribution in [0.25, 0.3) is 20.8 Å². The first-order valence-electron chi connectivity index (χ1n) is 12.4. The minimum absolute atomic E-state index is 0.0663. The molecular weight excluding hydrogens is 448 g/mol. The number of rotatable bonds is 7. The molecule has 1 aliphatic carbocycles. The van der Waals surface area contributed by atoms with Gasteiger partial charge in [0.15, 0.2) is 0 Å². The zero-order valence-corrected chi connectivity index (χ0v) is 21.3. The second-order valence-corrected chi connectivity index (χ2v) is 11.8. The number of aromatic nitrogens is 1. The Kier molecular flexibility index (Phi) is 7.11. The lowest BCUT2D eigenvalue weighted by Crippen LogP contribution is -2.27. The van der Waals surface area contributed by atoms with E-state index in [9.17, 15) is 4.79 Å². The van der Waals surface area contributed by atoms with E-state index in [0.717, 1.165) is 40.6 Å². The van der Waals surface area contributed by atoms with Gasteiger partial charge in [-0.25, -0.2) is 4.98 Å². The van der Waals surface area contributed by atoms with Crippen LogP contribution in [0.5, 0.6) is 0 Å². The van der Waals surface area contributed by atoms with Crippen molar-refractivity contribution in [3.05, 3.63) is 34.2 Å². The Morgan fingerprint density at radius 1 is 1.21 bits per heavy atom. The lowest BCUT2D eigenvalue weighted by atomic mass is 9.84. The molecule has 33 heavy (non-hydrogen) atoms. The summed E-state index contributed by atoms with van der Waals surface area (Å²) in [5.41, 5.74) is 5.06. The molecule has 0 atom stereocenters. The molecule has 5 rings (SSSR count). The van der Waals surface area contributed by atoms with E-state index in [-0.39, 0.29) is 5.91 Å². The topological polar surface area (TPSA) is 66.0 Å². The largest absolute Gasteiger partial charge is 0.317 e. The summed E-state index contributed by atoms with van der Waals surface area (Å²) in [6, 6.07) is 7.28. The van der Waals surface area contributed by atoms with Crippen LogP contribution in [0.2, 0.25) is 0 Å². The minimum Gasteiger partial charge on any atom is -0.317 e. The number of carbonyl (C=O) groups excluding carboxylic acids is 1. The summed E-state index contributed by atoms with van der Waals surface area (Å²) >= 11 is 3.47. The first kappa shape index (κ1) is 23.0. The number of thiophene rings is 1. The number of benzene rings is 1. The molecule has 1 saturated carbocycles. The highest BCUT2D eigenvalue weighted by atomic mass is 32.1. The predicted molar refractivity (Wildman–Crippen MR) is 141 cm³/mol. The quantitative estimate of drug-likeness (QED) is 0.384. The van der Waals surface area contributed by atoms with Crippen LogP contribution in [0.3, 0.4) is 0 Å². The molecule has 2 aromatic heterocycles. The van der Waals surface area contributed by atoms with E-state index in [2.05, 4.69) is 48.0 Å². The van der Waals surface area contributed by atoms with Crippen molar-refractivity contribution in [3.63, 3.8) is 0 Å². The Labute approximate surface area is 204 Å². The SMILES string of the molecule is CC(C)NCCC(=O)Nc1sc2c(c1-c1nc3cc(C4CCCCC4)ccc3s1)CCNC2. The van der Waals surface area contributed by atoms with Crippen molar-refractivity contribution in [2.24, 2.45) is 0 Å². The average molecular weight is 483 g/mol. The Hall–Kier alpha value is -1.80. The van der Waals surface area contributed by atoms with E-state index in [1.165, 1.54) is 52.8 Å². The van der Waals surface area contributed by atoms with Crippen molar-refractivity contribution in [3.8, 4) is 10.6 Å². The fraction of sp³-hybridized carbons (Fsp3) is 0.538. The molecule has 3 N–H and O–H groups in total. The second kappa shape index (κ2) is 10.2. The summed E-state index contributed by atoms with van der Waals surface area (Å²) in [4.78, 5) is 19.1. The van der Waals surface area contributed by atoms with Crippen LogP contribution in [0.1, 0.15) is 74.3 Å². The van der Waals surface area contributed by atoms with Gasteiger partial charge in [0.25, 0.3) is 0 Å². The highest BCUT2D eigenvalue weighted by Crippen LogP contribution is 2.45. The van der Waals surface area contributed by atoms with Crippen LogP contribution in [0.15, 0.2) is 18.2 Å². The molecule has 1 aromatic carbocycles. The van der Waals surface area contributed by atoms with Crippen molar-refractivity contribution in [2.75, 3.05) is 18.4 Å². The summed E-state index contributed by atoms with van der Waals surface area (Å²) in [7, 11) is 0. The zero-order valence-electron chi connectivity index (χ0n) is 19.6. The van der Waals surface area contributed by atoms with Crippen LogP contribution >= 0.6 is 22.7 Å². The van der Waals surface area contributed by atoms with Crippen molar-refractivity contribution in [1.29, 1.82) is 0 Å². The Morgan fingerprint density at radius 2 is 2.06 bits per heavy atom. The fourth-order valence-electron chi connectivity index (χ4n) is 5.05. The normalized spacial score (nSPS) is 16.9. The van der Waals surface area contributed by atoms with Crippen LogP contribution in [0.4, 0.5) is 5.00 Å². The molecule has 0 spiro atoms. The second-order valence-electron chi connectivity index (χ2n) is 9.62. The highest BCUT2D eigenvalue weighted by Gasteiger charge is 2.25. The first-order chi connectivity index (χ1) is 16.1. The van der Waals surface area contributed by atoms with Gasteiger partial charge in [-0.3, -0.25) is 4.79 Å². The van der Waals surface area contributed by atoms with E-state index in [1.807, 2.05) is 0 Å². The predicted octanol–water partition coefficient (Wildman–Crippen LogP) is 6.04. The average Bonchev–Trinajstić information content (AvgIpc) is 3.39. The van der Waals surface area contributed by atoms with Gasteiger partial charge in [0, 0.05) is 36.0 Å². The number of thiazole rings is 1. The monoisotopic (exact) mass is 482 g/mol. The maximum absolute atomic E-state index is 12.7. The van der Waals surface area contributed by atoms with E-state index in [0.29, 0.717) is 24.9 Å². The molecule has 1 aliphatic heterocycles. The summed E-state index contributed by atoms with van der Waals surface area (Å²) in [6.07, 6.45) is 8.12. The summed E-state index contributed by atoms with van der Waals surface area (Å²) in [5, 5.41) is 12.0. The molecule has 1 fully saturated rings. The molecule has 0 bridgehead atoms. The minimum atomic E-state index is 0.0663. The van der Waals surface area contributed by atoms with Gasteiger partial charge in [-0.15, -0.1) is 22.7 Å². The van der Waals surface area contributed by atoms with Crippen molar-refractivity contribution < 1.29 is 4.79 Å². The lowest BCUT2D eigenvalue weighted by molar-refractivity contribution is -0.116. The maximum atomic E-state index is 12.7. The number of fused-ring (bicyclic) bond motifs is 2. The van der Waals surface area contributed by atoms with E-state index in [1.54, 1.807) is 22.7 Å². The van der Waals surface area contributed by atoms with E-state index < -0.39 is 0 Å². The smallest absolute Gasteiger partial charge is 0.226 e. The van der Waals surface area contributed by atoms with Gasteiger partial charge in [0.05, 0.1) is 10.2 Å². The number of hydrogen-bond acceptors (Lipinski definition) is 6. The lowest BCUT2D eigenvalue weighted by Gasteiger charge is -2.21. The molecule has 0 radical (unpaired) electrons. The summed E-state index contributed by atoms with van der Waals surface area (Å²) < 4.78 is 1.23. The van der Waals surface area contributed by atoms with Crippen molar-refractivity contribution >= 4 is 43.8 Å². The molecule has 1 amide bonds. The van der Waals surface area contributed by atoms with Gasteiger partial charge in [0.1, 0.15) is 10.0 Å². The number of carbonyl (C=O) groups is 1. The molecule has 0 unspecified atom stereocenters. The number of amides is 1. The first-order valence-corrected chi connectivity index (χ1v) is 14.0. The van der Waals surface area contributed by atoms with Gasteiger partial charge in [-0.05, 0) is 55.0 Å². The van der Waals surface area contributed by atoms with Gasteiger partial charge in [-0.1, -0.05) is 39.2 Å². The standard InChI is InChI=1S/C26H34N4OS2/c1-16(2)28-13-11-23(31)30-26-24(19-10-12-27-15-22(19)33-26)25-29-20-14-18(8-9-21(20)32-25)17-6-4-3-5-7-17/h8-9,14,16-17,27-28H,3-7,10-13,15H2,1-2H3,(H,30,31). The fourth-order valence-corrected chi connectivity index (χ4v) is 7.38.